The minimum Gasteiger partial charge on any atom is -0.497 e. The highest BCUT2D eigenvalue weighted by Gasteiger charge is 2.23. The normalized spacial score (nSPS) is 14.3. The molecule has 0 amide bonds. The van der Waals surface area contributed by atoms with Crippen LogP contribution < -0.4 is 10.1 Å². The number of benzene rings is 1. The van der Waals surface area contributed by atoms with Gasteiger partial charge in [0.05, 0.1) is 19.8 Å². The Morgan fingerprint density at radius 2 is 1.72 bits per heavy atom. The van der Waals surface area contributed by atoms with Crippen LogP contribution in [0.5, 0.6) is 5.75 Å². The molecule has 0 aromatic heterocycles. The summed E-state index contributed by atoms with van der Waals surface area (Å²) in [6, 6.07) is 7.37. The summed E-state index contributed by atoms with van der Waals surface area (Å²) in [6.07, 6.45) is 0. The van der Waals surface area contributed by atoms with Crippen molar-refractivity contribution in [2.24, 2.45) is 11.8 Å². The Morgan fingerprint density at radius 1 is 1.11 bits per heavy atom. The van der Waals surface area contributed by atoms with E-state index in [1.54, 1.807) is 7.11 Å². The quantitative estimate of drug-likeness (QED) is 0.692. The van der Waals surface area contributed by atoms with Crippen LogP contribution in [0.4, 0.5) is 5.69 Å². The van der Waals surface area contributed by atoms with Crippen molar-refractivity contribution in [2.75, 3.05) is 25.6 Å². The number of aliphatic hydroxyl groups is 2. The summed E-state index contributed by atoms with van der Waals surface area (Å²) in [7, 11) is 1.62. The topological polar surface area (TPSA) is 61.7 Å². The summed E-state index contributed by atoms with van der Waals surface area (Å²) >= 11 is 0. The fourth-order valence-corrected chi connectivity index (χ4v) is 1.99. The molecular formula is C14H23NO3. The smallest absolute Gasteiger partial charge is 0.119 e. The van der Waals surface area contributed by atoms with Crippen molar-refractivity contribution in [3.8, 4) is 5.75 Å². The van der Waals surface area contributed by atoms with Crippen LogP contribution in [-0.4, -0.2) is 36.6 Å². The molecule has 0 unspecified atom stereocenters. The van der Waals surface area contributed by atoms with E-state index in [-0.39, 0.29) is 25.2 Å². The van der Waals surface area contributed by atoms with Crippen LogP contribution in [0, 0.1) is 11.8 Å². The van der Waals surface area contributed by atoms with Crippen molar-refractivity contribution in [3.05, 3.63) is 24.3 Å². The predicted molar refractivity (Wildman–Crippen MR) is 72.9 cm³/mol. The zero-order chi connectivity index (χ0) is 13.5. The van der Waals surface area contributed by atoms with Gasteiger partial charge in [0.25, 0.3) is 0 Å². The standard InChI is InChI=1S/C14H23NO3/c1-10(2)13(8-16)14(9-17)15-11-4-6-12(18-3)7-5-11/h4-7,10,13-17H,8-9H2,1-3H3/t13-,14+/m0/s1. The maximum Gasteiger partial charge on any atom is 0.119 e. The SMILES string of the molecule is COc1ccc(N[C@H](CO)[C@@H](CO)C(C)C)cc1. The number of nitrogens with one attached hydrogen (secondary N) is 1. The van der Waals surface area contributed by atoms with Gasteiger partial charge >= 0.3 is 0 Å². The van der Waals surface area contributed by atoms with Crippen molar-refractivity contribution in [1.29, 1.82) is 0 Å². The van der Waals surface area contributed by atoms with Crippen LogP contribution >= 0.6 is 0 Å². The number of hydrogen-bond acceptors (Lipinski definition) is 4. The molecule has 0 aliphatic carbocycles. The molecule has 1 aromatic carbocycles. The fourth-order valence-electron chi connectivity index (χ4n) is 1.99. The van der Waals surface area contributed by atoms with Gasteiger partial charge in [-0.05, 0) is 30.2 Å². The van der Waals surface area contributed by atoms with Gasteiger partial charge in [0.1, 0.15) is 5.75 Å². The lowest BCUT2D eigenvalue weighted by Gasteiger charge is -2.28. The van der Waals surface area contributed by atoms with Gasteiger partial charge in [-0.25, -0.2) is 0 Å². The molecule has 4 heteroatoms. The molecule has 0 fully saturated rings. The molecule has 18 heavy (non-hydrogen) atoms. The van der Waals surface area contributed by atoms with Gasteiger partial charge < -0.3 is 20.3 Å². The second-order valence-corrected chi connectivity index (χ2v) is 4.75. The first kappa shape index (κ1) is 14.8. The zero-order valence-corrected chi connectivity index (χ0v) is 11.3. The van der Waals surface area contributed by atoms with Crippen LogP contribution in [-0.2, 0) is 0 Å². The molecule has 1 rings (SSSR count). The van der Waals surface area contributed by atoms with E-state index in [1.165, 1.54) is 0 Å². The van der Waals surface area contributed by atoms with Crippen LogP contribution in [0.2, 0.25) is 0 Å². The van der Waals surface area contributed by atoms with E-state index < -0.39 is 0 Å². The van der Waals surface area contributed by atoms with E-state index >= 15 is 0 Å². The van der Waals surface area contributed by atoms with E-state index in [0.717, 1.165) is 11.4 Å². The maximum atomic E-state index is 9.44. The molecule has 3 N–H and O–H groups in total. The first-order valence-corrected chi connectivity index (χ1v) is 6.24. The Morgan fingerprint density at radius 3 is 2.11 bits per heavy atom. The van der Waals surface area contributed by atoms with Gasteiger partial charge in [0.15, 0.2) is 0 Å². The van der Waals surface area contributed by atoms with Gasteiger partial charge in [0.2, 0.25) is 0 Å². The Labute approximate surface area is 109 Å². The average molecular weight is 253 g/mol. The highest BCUT2D eigenvalue weighted by Crippen LogP contribution is 2.21. The molecule has 0 aliphatic rings. The summed E-state index contributed by atoms with van der Waals surface area (Å²) in [4.78, 5) is 0. The number of aliphatic hydroxyl groups excluding tert-OH is 2. The van der Waals surface area contributed by atoms with Crippen LogP contribution in [0.1, 0.15) is 13.8 Å². The van der Waals surface area contributed by atoms with E-state index in [1.807, 2.05) is 38.1 Å². The third-order valence-electron chi connectivity index (χ3n) is 3.22. The number of ether oxygens (including phenoxy) is 1. The van der Waals surface area contributed by atoms with Crippen LogP contribution in [0.15, 0.2) is 24.3 Å². The summed E-state index contributed by atoms with van der Waals surface area (Å²) in [5.74, 6) is 1.12. The molecule has 0 aliphatic heterocycles. The average Bonchev–Trinajstić information content (AvgIpc) is 2.38. The minimum atomic E-state index is -0.150. The molecule has 2 atom stereocenters. The summed E-state index contributed by atoms with van der Waals surface area (Å²) < 4.78 is 5.09. The first-order valence-electron chi connectivity index (χ1n) is 6.24. The zero-order valence-electron chi connectivity index (χ0n) is 11.3. The van der Waals surface area contributed by atoms with Crippen molar-refractivity contribution in [3.63, 3.8) is 0 Å². The van der Waals surface area contributed by atoms with Crippen molar-refractivity contribution >= 4 is 5.69 Å². The maximum absolute atomic E-state index is 9.44. The lowest BCUT2D eigenvalue weighted by molar-refractivity contribution is 0.138. The Bertz CT molecular complexity index is 337. The molecule has 4 nitrogen and oxygen atoms in total. The van der Waals surface area contributed by atoms with Crippen molar-refractivity contribution in [2.45, 2.75) is 19.9 Å². The molecule has 1 aromatic rings. The third kappa shape index (κ3) is 3.89. The minimum absolute atomic E-state index is 0.00453. The molecule has 0 saturated carbocycles. The van der Waals surface area contributed by atoms with E-state index in [2.05, 4.69) is 5.32 Å². The molecule has 0 radical (unpaired) electrons. The first-order chi connectivity index (χ1) is 8.62. The Hall–Kier alpha value is -1.26. The molecular weight excluding hydrogens is 230 g/mol. The molecule has 102 valence electrons. The summed E-state index contributed by atoms with van der Waals surface area (Å²) in [5, 5.41) is 22.1. The van der Waals surface area contributed by atoms with Gasteiger partial charge in [-0.3, -0.25) is 0 Å². The highest BCUT2D eigenvalue weighted by molar-refractivity contribution is 5.47. The number of anilines is 1. The predicted octanol–water partition coefficient (Wildman–Crippen LogP) is 1.73. The van der Waals surface area contributed by atoms with Gasteiger partial charge in [-0.15, -0.1) is 0 Å². The second-order valence-electron chi connectivity index (χ2n) is 4.75. The van der Waals surface area contributed by atoms with Crippen molar-refractivity contribution in [1.82, 2.24) is 0 Å². The summed E-state index contributed by atoms with van der Waals surface area (Å²) in [6.45, 7) is 4.14. The van der Waals surface area contributed by atoms with Crippen molar-refractivity contribution < 1.29 is 14.9 Å². The van der Waals surface area contributed by atoms with Gasteiger partial charge in [0, 0.05) is 18.2 Å². The van der Waals surface area contributed by atoms with E-state index in [9.17, 15) is 10.2 Å². The molecule has 0 bridgehead atoms. The highest BCUT2D eigenvalue weighted by atomic mass is 16.5. The third-order valence-corrected chi connectivity index (χ3v) is 3.22. The van der Waals surface area contributed by atoms with Crippen LogP contribution in [0.25, 0.3) is 0 Å². The van der Waals surface area contributed by atoms with Gasteiger partial charge in [-0.2, -0.15) is 0 Å². The second kappa shape index (κ2) is 7.24. The lowest BCUT2D eigenvalue weighted by atomic mass is 9.89. The lowest BCUT2D eigenvalue weighted by Crippen LogP contribution is -2.37. The largest absolute Gasteiger partial charge is 0.497 e. The number of methoxy groups -OCH3 is 1. The molecule has 0 spiro atoms. The fraction of sp³-hybridized carbons (Fsp3) is 0.571. The monoisotopic (exact) mass is 253 g/mol. The number of hydrogen-bond donors (Lipinski definition) is 3. The van der Waals surface area contributed by atoms with Gasteiger partial charge in [-0.1, -0.05) is 13.8 Å². The molecule has 0 saturated heterocycles. The molecule has 0 heterocycles. The Balaban J connectivity index is 2.72. The van der Waals surface area contributed by atoms with E-state index in [4.69, 9.17) is 4.74 Å². The summed E-state index contributed by atoms with van der Waals surface area (Å²) in [5.41, 5.74) is 0.911. The van der Waals surface area contributed by atoms with Crippen LogP contribution in [0.3, 0.4) is 0 Å². The van der Waals surface area contributed by atoms with E-state index in [0.29, 0.717) is 5.92 Å². The Kier molecular flexibility index (Phi) is 5.95. The number of rotatable bonds is 7.